The van der Waals surface area contributed by atoms with Crippen LogP contribution in [-0.4, -0.2) is 21.6 Å². The van der Waals surface area contributed by atoms with E-state index in [1.807, 2.05) is 30.3 Å². The zero-order valence-electron chi connectivity index (χ0n) is 19.3. The minimum absolute atomic E-state index is 0.174. The first-order valence-corrected chi connectivity index (χ1v) is 12.9. The lowest BCUT2D eigenvalue weighted by atomic mass is 9.91. The van der Waals surface area contributed by atoms with Crippen LogP contribution in [0.4, 0.5) is 4.39 Å². The van der Waals surface area contributed by atoms with E-state index in [0.29, 0.717) is 37.8 Å². The molecule has 0 aliphatic carbocycles. The average molecular weight is 528 g/mol. The molecule has 0 spiro atoms. The van der Waals surface area contributed by atoms with Crippen molar-refractivity contribution >= 4 is 45.5 Å². The van der Waals surface area contributed by atoms with Crippen molar-refractivity contribution in [1.29, 1.82) is 0 Å². The number of amides is 1. The van der Waals surface area contributed by atoms with E-state index in [-0.39, 0.29) is 17.9 Å². The largest absolute Gasteiger partial charge is 0.321 e. The number of benzene rings is 3. The highest BCUT2D eigenvalue weighted by Gasteiger charge is 2.37. The molecule has 0 radical (unpaired) electrons. The van der Waals surface area contributed by atoms with Gasteiger partial charge in [-0.1, -0.05) is 66.2 Å². The summed E-state index contributed by atoms with van der Waals surface area (Å²) in [5.74, 6) is -0.782. The minimum atomic E-state index is -0.705. The van der Waals surface area contributed by atoms with Crippen LogP contribution in [0.2, 0.25) is 5.02 Å². The van der Waals surface area contributed by atoms with Gasteiger partial charge in [0, 0.05) is 33.5 Å². The van der Waals surface area contributed by atoms with E-state index in [0.717, 1.165) is 10.9 Å². The van der Waals surface area contributed by atoms with Crippen LogP contribution >= 0.6 is 22.9 Å². The number of hydrazone groups is 1. The molecule has 0 saturated heterocycles. The highest BCUT2D eigenvalue weighted by atomic mass is 35.5. The van der Waals surface area contributed by atoms with Crippen molar-refractivity contribution in [1.82, 2.24) is 9.99 Å². The van der Waals surface area contributed by atoms with Gasteiger partial charge in [-0.3, -0.25) is 9.59 Å². The molecule has 37 heavy (non-hydrogen) atoms. The summed E-state index contributed by atoms with van der Waals surface area (Å²) in [4.78, 5) is 30.5. The van der Waals surface area contributed by atoms with E-state index >= 15 is 0 Å². The number of carbonyl (C=O) groups excluding carboxylic acids is 1. The number of hydrogen-bond donors (Lipinski definition) is 1. The maximum absolute atomic E-state index is 15.0. The normalized spacial score (nSPS) is 15.2. The second-order valence-corrected chi connectivity index (χ2v) is 10.1. The molecule has 5 nitrogen and oxygen atoms in total. The molecule has 0 bridgehead atoms. The van der Waals surface area contributed by atoms with Crippen molar-refractivity contribution in [3.05, 3.63) is 128 Å². The molecule has 2 aromatic heterocycles. The second-order valence-electron chi connectivity index (χ2n) is 8.68. The van der Waals surface area contributed by atoms with Crippen LogP contribution in [0, 0.1) is 5.82 Å². The van der Waals surface area contributed by atoms with Gasteiger partial charge < -0.3 is 4.98 Å². The number of aromatic amines is 1. The van der Waals surface area contributed by atoms with Gasteiger partial charge in [-0.15, -0.1) is 11.3 Å². The number of nitrogens with one attached hydrogen (secondary N) is 1. The first kappa shape index (κ1) is 23.3. The van der Waals surface area contributed by atoms with Crippen molar-refractivity contribution in [2.24, 2.45) is 5.10 Å². The van der Waals surface area contributed by atoms with Crippen LogP contribution in [0.5, 0.6) is 0 Å². The maximum Gasteiger partial charge on any atom is 0.284 e. The molecule has 182 valence electrons. The van der Waals surface area contributed by atoms with Gasteiger partial charge in [0.25, 0.3) is 11.5 Å². The fourth-order valence-corrected chi connectivity index (χ4v) is 5.62. The summed E-state index contributed by atoms with van der Waals surface area (Å²) in [7, 11) is 0. The summed E-state index contributed by atoms with van der Waals surface area (Å²) in [6, 6.07) is 23.9. The maximum atomic E-state index is 15.0. The first-order valence-electron chi connectivity index (χ1n) is 11.6. The quantitative estimate of drug-likeness (QED) is 0.272. The Bertz CT molecular complexity index is 1730. The first-order chi connectivity index (χ1) is 18.0. The summed E-state index contributed by atoms with van der Waals surface area (Å²) in [6.45, 7) is 0. The number of pyridine rings is 1. The average Bonchev–Trinajstić information content (AvgIpc) is 3.60. The molecule has 0 fully saturated rings. The monoisotopic (exact) mass is 527 g/mol. The molecule has 1 amide bonds. The van der Waals surface area contributed by atoms with Crippen LogP contribution in [0.25, 0.3) is 22.0 Å². The lowest BCUT2D eigenvalue weighted by Crippen LogP contribution is -2.27. The predicted molar refractivity (Wildman–Crippen MR) is 146 cm³/mol. The summed E-state index contributed by atoms with van der Waals surface area (Å²) < 4.78 is 15.0. The standard InChI is InChI=1S/C29H19ClFN3O2S/c30-18-12-13-22-20(15-18)26(17-7-2-1-3-8-17)27(28(35)32-22)23-16-24(19-9-4-5-10-21(19)31)34(33-23)29(36)25-11-6-14-37-25/h1-15,24H,16H2,(H,32,35). The zero-order valence-corrected chi connectivity index (χ0v) is 20.9. The van der Waals surface area contributed by atoms with E-state index in [2.05, 4.69) is 10.1 Å². The highest BCUT2D eigenvalue weighted by molar-refractivity contribution is 7.12. The van der Waals surface area contributed by atoms with Crippen molar-refractivity contribution in [3.8, 4) is 11.1 Å². The molecule has 1 aliphatic rings. The second kappa shape index (κ2) is 9.42. The molecule has 3 heterocycles. The van der Waals surface area contributed by atoms with Crippen LogP contribution in [0.1, 0.15) is 33.3 Å². The van der Waals surface area contributed by atoms with Crippen molar-refractivity contribution in [2.75, 3.05) is 0 Å². The number of halogens is 2. The highest BCUT2D eigenvalue weighted by Crippen LogP contribution is 2.39. The Kier molecular flexibility index (Phi) is 5.94. The molecule has 1 unspecified atom stereocenters. The number of aromatic nitrogens is 1. The Labute approximate surface area is 220 Å². The van der Waals surface area contributed by atoms with E-state index in [1.165, 1.54) is 22.4 Å². The Morgan fingerprint density at radius 3 is 2.54 bits per heavy atom. The van der Waals surface area contributed by atoms with Gasteiger partial charge in [0.15, 0.2) is 0 Å². The molecule has 1 aliphatic heterocycles. The fourth-order valence-electron chi connectivity index (χ4n) is 4.79. The summed E-state index contributed by atoms with van der Waals surface area (Å²) >= 11 is 7.64. The summed E-state index contributed by atoms with van der Waals surface area (Å²) in [5.41, 5.74) is 2.84. The van der Waals surface area contributed by atoms with Crippen LogP contribution in [0.15, 0.2) is 100 Å². The van der Waals surface area contributed by atoms with E-state index in [9.17, 15) is 14.0 Å². The molecule has 3 aromatic carbocycles. The molecular weight excluding hydrogens is 509 g/mol. The smallest absolute Gasteiger partial charge is 0.284 e. The Morgan fingerprint density at radius 2 is 1.78 bits per heavy atom. The third kappa shape index (κ3) is 4.16. The van der Waals surface area contributed by atoms with Gasteiger partial charge in [-0.25, -0.2) is 9.40 Å². The van der Waals surface area contributed by atoms with Gasteiger partial charge in [-0.05, 0) is 41.3 Å². The molecule has 8 heteroatoms. The number of H-pyrrole nitrogens is 1. The van der Waals surface area contributed by atoms with E-state index in [1.54, 1.807) is 53.9 Å². The number of thiophene rings is 1. The van der Waals surface area contributed by atoms with Crippen LogP contribution < -0.4 is 5.56 Å². The lowest BCUT2D eigenvalue weighted by molar-refractivity contribution is 0.0713. The number of fused-ring (bicyclic) bond motifs is 1. The lowest BCUT2D eigenvalue weighted by Gasteiger charge is -2.21. The molecule has 5 aromatic rings. The molecule has 1 N–H and O–H groups in total. The topological polar surface area (TPSA) is 65.5 Å². The number of hydrogen-bond acceptors (Lipinski definition) is 4. The number of carbonyl (C=O) groups is 1. The van der Waals surface area contributed by atoms with Crippen molar-refractivity contribution in [2.45, 2.75) is 12.5 Å². The van der Waals surface area contributed by atoms with E-state index in [4.69, 9.17) is 11.6 Å². The van der Waals surface area contributed by atoms with Crippen molar-refractivity contribution in [3.63, 3.8) is 0 Å². The summed E-state index contributed by atoms with van der Waals surface area (Å²) in [5, 5.41) is 9.06. The number of nitrogens with zero attached hydrogens (tertiary/aromatic N) is 2. The molecule has 0 saturated carbocycles. The van der Waals surface area contributed by atoms with Crippen LogP contribution in [0.3, 0.4) is 0 Å². The molecule has 6 rings (SSSR count). The SMILES string of the molecule is O=C(c1cccs1)N1N=C(c2c(-c3ccccc3)c3cc(Cl)ccc3[nH]c2=O)CC1c1ccccc1F. The van der Waals surface area contributed by atoms with Gasteiger partial charge >= 0.3 is 0 Å². The summed E-state index contributed by atoms with van der Waals surface area (Å²) in [6.07, 6.45) is 0.174. The third-order valence-corrected chi connectivity index (χ3v) is 7.53. The van der Waals surface area contributed by atoms with E-state index < -0.39 is 11.9 Å². The Morgan fingerprint density at radius 1 is 1.00 bits per heavy atom. The minimum Gasteiger partial charge on any atom is -0.321 e. The predicted octanol–water partition coefficient (Wildman–Crippen LogP) is 7.04. The van der Waals surface area contributed by atoms with Crippen molar-refractivity contribution < 1.29 is 9.18 Å². The molecule has 1 atom stereocenters. The van der Waals surface area contributed by atoms with Crippen LogP contribution in [-0.2, 0) is 0 Å². The Balaban J connectivity index is 1.59. The van der Waals surface area contributed by atoms with Gasteiger partial charge in [0.1, 0.15) is 5.82 Å². The van der Waals surface area contributed by atoms with Gasteiger partial charge in [0.2, 0.25) is 0 Å². The number of rotatable bonds is 4. The molecular formula is C29H19ClFN3O2S. The van der Waals surface area contributed by atoms with Gasteiger partial charge in [-0.2, -0.15) is 5.10 Å². The zero-order chi connectivity index (χ0) is 25.5. The van der Waals surface area contributed by atoms with Gasteiger partial charge in [0.05, 0.1) is 22.2 Å². The Hall–Kier alpha value is -4.07. The fraction of sp³-hybridized carbons (Fsp3) is 0.0690. The third-order valence-electron chi connectivity index (χ3n) is 6.44.